The molecule has 84 valence electrons. The molecule has 1 aromatic rings. The number of rotatable bonds is 6. The van der Waals surface area contributed by atoms with Crippen LogP contribution < -0.4 is 10.5 Å². The average molecular weight is 207 g/mol. The minimum Gasteiger partial charge on any atom is -0.497 e. The van der Waals surface area contributed by atoms with Crippen LogP contribution in [0.25, 0.3) is 0 Å². The average Bonchev–Trinajstić information content (AvgIpc) is 2.29. The topological polar surface area (TPSA) is 35.2 Å². The summed E-state index contributed by atoms with van der Waals surface area (Å²) in [6, 6.07) is 8.18. The van der Waals surface area contributed by atoms with E-state index in [4.69, 9.17) is 10.5 Å². The molecule has 1 rings (SSSR count). The fraction of sp³-hybridized carbons (Fsp3) is 0.538. The van der Waals surface area contributed by atoms with Crippen LogP contribution in [-0.4, -0.2) is 7.11 Å². The molecule has 0 radical (unpaired) electrons. The Hall–Kier alpha value is -1.02. The maximum absolute atomic E-state index is 6.10. The Balaban J connectivity index is 2.52. The summed E-state index contributed by atoms with van der Waals surface area (Å²) in [6.07, 6.45) is 4.76. The highest BCUT2D eigenvalue weighted by atomic mass is 16.5. The van der Waals surface area contributed by atoms with Crippen molar-refractivity contribution in [3.8, 4) is 5.75 Å². The van der Waals surface area contributed by atoms with E-state index in [0.29, 0.717) is 0 Å². The molecule has 0 aliphatic rings. The Bertz CT molecular complexity index is 286. The molecular weight excluding hydrogens is 186 g/mol. The minimum absolute atomic E-state index is 0.145. The summed E-state index contributed by atoms with van der Waals surface area (Å²) in [5.41, 5.74) is 7.28. The second-order valence-electron chi connectivity index (χ2n) is 3.88. The SMILES string of the molecule is CCCCCC(N)c1cccc(OC)c1. The van der Waals surface area contributed by atoms with Crippen molar-refractivity contribution in [2.24, 2.45) is 5.73 Å². The van der Waals surface area contributed by atoms with Gasteiger partial charge in [0.05, 0.1) is 7.11 Å². The molecule has 2 nitrogen and oxygen atoms in total. The monoisotopic (exact) mass is 207 g/mol. The Morgan fingerprint density at radius 1 is 1.33 bits per heavy atom. The third kappa shape index (κ3) is 3.92. The Morgan fingerprint density at radius 2 is 2.13 bits per heavy atom. The maximum atomic E-state index is 6.10. The predicted octanol–water partition coefficient (Wildman–Crippen LogP) is 3.28. The normalized spacial score (nSPS) is 12.5. The molecule has 15 heavy (non-hydrogen) atoms. The number of methoxy groups -OCH3 is 1. The first-order valence-corrected chi connectivity index (χ1v) is 5.67. The first-order chi connectivity index (χ1) is 7.27. The van der Waals surface area contributed by atoms with E-state index < -0.39 is 0 Å². The van der Waals surface area contributed by atoms with Gasteiger partial charge in [-0.3, -0.25) is 0 Å². The van der Waals surface area contributed by atoms with E-state index in [1.54, 1.807) is 7.11 Å². The highest BCUT2D eigenvalue weighted by Gasteiger charge is 2.05. The van der Waals surface area contributed by atoms with Gasteiger partial charge in [-0.25, -0.2) is 0 Å². The van der Waals surface area contributed by atoms with Crippen molar-refractivity contribution in [2.75, 3.05) is 7.11 Å². The summed E-state index contributed by atoms with van der Waals surface area (Å²) in [5, 5.41) is 0. The Labute approximate surface area is 92.4 Å². The summed E-state index contributed by atoms with van der Waals surface area (Å²) >= 11 is 0. The molecule has 2 N–H and O–H groups in total. The number of ether oxygens (including phenoxy) is 1. The lowest BCUT2D eigenvalue weighted by Crippen LogP contribution is -2.10. The fourth-order valence-corrected chi connectivity index (χ4v) is 1.65. The van der Waals surface area contributed by atoms with Crippen LogP contribution >= 0.6 is 0 Å². The summed E-state index contributed by atoms with van der Waals surface area (Å²) < 4.78 is 5.18. The van der Waals surface area contributed by atoms with Crippen molar-refractivity contribution in [3.05, 3.63) is 29.8 Å². The summed E-state index contributed by atoms with van der Waals surface area (Å²) in [6.45, 7) is 2.21. The molecule has 0 aromatic heterocycles. The van der Waals surface area contributed by atoms with Gasteiger partial charge in [0.2, 0.25) is 0 Å². The minimum atomic E-state index is 0.145. The van der Waals surface area contributed by atoms with Crippen molar-refractivity contribution >= 4 is 0 Å². The summed E-state index contributed by atoms with van der Waals surface area (Å²) in [7, 11) is 1.68. The van der Waals surface area contributed by atoms with E-state index in [1.165, 1.54) is 24.8 Å². The zero-order valence-electron chi connectivity index (χ0n) is 9.70. The van der Waals surface area contributed by atoms with Gasteiger partial charge in [0, 0.05) is 6.04 Å². The van der Waals surface area contributed by atoms with Crippen molar-refractivity contribution in [2.45, 2.75) is 38.6 Å². The lowest BCUT2D eigenvalue weighted by molar-refractivity contribution is 0.413. The smallest absolute Gasteiger partial charge is 0.119 e. The molecule has 1 atom stereocenters. The molecule has 0 aliphatic carbocycles. The lowest BCUT2D eigenvalue weighted by Gasteiger charge is -2.12. The van der Waals surface area contributed by atoms with Crippen LogP contribution in [0.5, 0.6) is 5.75 Å². The van der Waals surface area contributed by atoms with E-state index >= 15 is 0 Å². The largest absolute Gasteiger partial charge is 0.497 e. The molecule has 0 bridgehead atoms. The van der Waals surface area contributed by atoms with Crippen molar-refractivity contribution in [3.63, 3.8) is 0 Å². The van der Waals surface area contributed by atoms with E-state index in [-0.39, 0.29) is 6.04 Å². The van der Waals surface area contributed by atoms with Crippen LogP contribution in [-0.2, 0) is 0 Å². The molecule has 0 saturated heterocycles. The van der Waals surface area contributed by atoms with Crippen molar-refractivity contribution in [1.29, 1.82) is 0 Å². The van der Waals surface area contributed by atoms with Crippen molar-refractivity contribution < 1.29 is 4.74 Å². The fourth-order valence-electron chi connectivity index (χ4n) is 1.65. The third-order valence-corrected chi connectivity index (χ3v) is 2.64. The molecule has 0 spiro atoms. The maximum Gasteiger partial charge on any atom is 0.119 e. The molecular formula is C13H21NO. The molecule has 0 amide bonds. The first-order valence-electron chi connectivity index (χ1n) is 5.67. The van der Waals surface area contributed by atoms with Gasteiger partial charge < -0.3 is 10.5 Å². The van der Waals surface area contributed by atoms with Crippen LogP contribution in [0.15, 0.2) is 24.3 Å². The molecule has 1 unspecified atom stereocenters. The van der Waals surface area contributed by atoms with E-state index in [9.17, 15) is 0 Å². The second-order valence-corrected chi connectivity index (χ2v) is 3.88. The lowest BCUT2D eigenvalue weighted by atomic mass is 10.0. The second kappa shape index (κ2) is 6.46. The van der Waals surface area contributed by atoms with Gasteiger partial charge in [0.15, 0.2) is 0 Å². The van der Waals surface area contributed by atoms with E-state index in [1.807, 2.05) is 18.2 Å². The summed E-state index contributed by atoms with van der Waals surface area (Å²) in [4.78, 5) is 0. The van der Waals surface area contributed by atoms with Gasteiger partial charge in [-0.1, -0.05) is 38.3 Å². The molecule has 1 aromatic carbocycles. The van der Waals surface area contributed by atoms with Gasteiger partial charge >= 0.3 is 0 Å². The van der Waals surface area contributed by atoms with E-state index in [0.717, 1.165) is 12.2 Å². The number of benzene rings is 1. The molecule has 0 aliphatic heterocycles. The number of unbranched alkanes of at least 4 members (excludes halogenated alkanes) is 2. The highest BCUT2D eigenvalue weighted by Crippen LogP contribution is 2.21. The van der Waals surface area contributed by atoms with E-state index in [2.05, 4.69) is 13.0 Å². The molecule has 0 heterocycles. The molecule has 2 heteroatoms. The first kappa shape index (κ1) is 12.1. The van der Waals surface area contributed by atoms with Crippen LogP contribution in [0.2, 0.25) is 0 Å². The highest BCUT2D eigenvalue weighted by molar-refractivity contribution is 5.30. The Morgan fingerprint density at radius 3 is 2.80 bits per heavy atom. The van der Waals surface area contributed by atoms with Gasteiger partial charge in [0.1, 0.15) is 5.75 Å². The van der Waals surface area contributed by atoms with Crippen LogP contribution in [0.4, 0.5) is 0 Å². The van der Waals surface area contributed by atoms with Gasteiger partial charge in [0.25, 0.3) is 0 Å². The Kier molecular flexibility index (Phi) is 5.19. The summed E-state index contributed by atoms with van der Waals surface area (Å²) in [5.74, 6) is 0.887. The van der Waals surface area contributed by atoms with Crippen LogP contribution in [0, 0.1) is 0 Å². The zero-order chi connectivity index (χ0) is 11.1. The number of hydrogen-bond acceptors (Lipinski definition) is 2. The van der Waals surface area contributed by atoms with Crippen LogP contribution in [0.1, 0.15) is 44.2 Å². The third-order valence-electron chi connectivity index (χ3n) is 2.64. The number of nitrogens with two attached hydrogens (primary N) is 1. The quantitative estimate of drug-likeness (QED) is 0.726. The van der Waals surface area contributed by atoms with Gasteiger partial charge in [-0.2, -0.15) is 0 Å². The molecule has 0 fully saturated rings. The zero-order valence-corrected chi connectivity index (χ0v) is 9.70. The van der Waals surface area contributed by atoms with Gasteiger partial charge in [-0.05, 0) is 24.1 Å². The number of hydrogen-bond donors (Lipinski definition) is 1. The van der Waals surface area contributed by atoms with Crippen LogP contribution in [0.3, 0.4) is 0 Å². The standard InChI is InChI=1S/C13H21NO/c1-3-4-5-9-13(14)11-7-6-8-12(10-11)15-2/h6-8,10,13H,3-5,9,14H2,1-2H3. The van der Waals surface area contributed by atoms with Crippen molar-refractivity contribution in [1.82, 2.24) is 0 Å². The predicted molar refractivity (Wildman–Crippen MR) is 64.1 cm³/mol. The van der Waals surface area contributed by atoms with Gasteiger partial charge in [-0.15, -0.1) is 0 Å². The molecule has 0 saturated carbocycles.